The quantitative estimate of drug-likeness (QED) is 0.868. The number of rotatable bonds is 4. The van der Waals surface area contributed by atoms with Crippen molar-refractivity contribution < 1.29 is 13.2 Å². The lowest BCUT2D eigenvalue weighted by Gasteiger charge is -2.29. The van der Waals surface area contributed by atoms with E-state index in [0.717, 1.165) is 11.1 Å². The molecule has 0 spiro atoms. The average Bonchev–Trinajstić information content (AvgIpc) is 2.59. The highest BCUT2D eigenvalue weighted by molar-refractivity contribution is 7.89. The van der Waals surface area contributed by atoms with Crippen molar-refractivity contribution in [3.63, 3.8) is 0 Å². The average molecular weight is 393 g/mol. The molecule has 26 heavy (non-hydrogen) atoms. The molecule has 1 N–H and O–H groups in total. The predicted octanol–water partition coefficient (Wildman–Crippen LogP) is 3.23. The van der Waals surface area contributed by atoms with Crippen LogP contribution in [-0.2, 0) is 23.0 Å². The van der Waals surface area contributed by atoms with Crippen molar-refractivity contribution in [3.05, 3.63) is 64.2 Å². The largest absolute Gasteiger partial charge is 0.334 e. The number of halogens is 1. The second kappa shape index (κ2) is 7.39. The number of fused-ring (bicyclic) bond motifs is 1. The Kier molecular flexibility index (Phi) is 5.37. The van der Waals surface area contributed by atoms with Crippen LogP contribution in [0.1, 0.15) is 35.3 Å². The van der Waals surface area contributed by atoms with Gasteiger partial charge in [-0.25, -0.2) is 13.1 Å². The maximum atomic E-state index is 12.7. The van der Waals surface area contributed by atoms with Crippen LogP contribution in [-0.4, -0.2) is 31.8 Å². The number of nitrogens with zero attached hydrogens (tertiary/aromatic N) is 1. The van der Waals surface area contributed by atoms with Crippen LogP contribution in [0.4, 0.5) is 0 Å². The maximum absolute atomic E-state index is 12.7. The molecular formula is C19H21ClN2O3S. The van der Waals surface area contributed by atoms with Gasteiger partial charge in [0.2, 0.25) is 10.0 Å². The second-order valence-corrected chi connectivity index (χ2v) is 8.84. The molecule has 0 atom stereocenters. The molecule has 1 amide bonds. The molecule has 2 aromatic rings. The molecule has 0 radical (unpaired) electrons. The monoisotopic (exact) mass is 392 g/mol. The van der Waals surface area contributed by atoms with Crippen LogP contribution in [0.2, 0.25) is 5.02 Å². The van der Waals surface area contributed by atoms with E-state index in [1.165, 1.54) is 0 Å². The molecule has 0 aliphatic carbocycles. The number of amides is 1. The molecule has 0 saturated heterocycles. The molecule has 1 heterocycles. The highest BCUT2D eigenvalue weighted by Crippen LogP contribution is 2.24. The third-order valence-electron chi connectivity index (χ3n) is 4.25. The Bertz CT molecular complexity index is 942. The van der Waals surface area contributed by atoms with Gasteiger partial charge in [-0.15, -0.1) is 0 Å². The summed E-state index contributed by atoms with van der Waals surface area (Å²) in [6, 6.07) is 11.8. The summed E-state index contributed by atoms with van der Waals surface area (Å²) in [5.74, 6) is -0.105. The second-order valence-electron chi connectivity index (χ2n) is 6.69. The molecule has 0 saturated carbocycles. The van der Waals surface area contributed by atoms with Crippen LogP contribution in [0.25, 0.3) is 0 Å². The first-order valence-electron chi connectivity index (χ1n) is 8.45. The van der Waals surface area contributed by atoms with Gasteiger partial charge in [-0.05, 0) is 61.7 Å². The normalized spacial score (nSPS) is 14.4. The van der Waals surface area contributed by atoms with Crippen LogP contribution >= 0.6 is 11.6 Å². The summed E-state index contributed by atoms with van der Waals surface area (Å²) in [4.78, 5) is 14.7. The van der Waals surface area contributed by atoms with Gasteiger partial charge in [0.05, 0.1) is 4.90 Å². The van der Waals surface area contributed by atoms with E-state index in [9.17, 15) is 13.2 Å². The minimum Gasteiger partial charge on any atom is -0.334 e. The summed E-state index contributed by atoms with van der Waals surface area (Å²) in [5.41, 5.74) is 2.47. The lowest BCUT2D eigenvalue weighted by atomic mass is 9.99. The van der Waals surface area contributed by atoms with Crippen LogP contribution < -0.4 is 4.72 Å². The molecule has 2 aromatic carbocycles. The van der Waals surface area contributed by atoms with E-state index in [1.54, 1.807) is 55.1 Å². The molecule has 5 nitrogen and oxygen atoms in total. The van der Waals surface area contributed by atoms with Gasteiger partial charge in [0.1, 0.15) is 0 Å². The van der Waals surface area contributed by atoms with Gasteiger partial charge in [-0.2, -0.15) is 0 Å². The van der Waals surface area contributed by atoms with Crippen molar-refractivity contribution in [2.45, 2.75) is 37.8 Å². The van der Waals surface area contributed by atoms with Crippen LogP contribution in [0.5, 0.6) is 0 Å². The molecule has 0 bridgehead atoms. The number of sulfonamides is 1. The maximum Gasteiger partial charge on any atom is 0.254 e. The van der Waals surface area contributed by atoms with E-state index in [2.05, 4.69) is 4.72 Å². The van der Waals surface area contributed by atoms with Gasteiger partial charge < -0.3 is 4.90 Å². The lowest BCUT2D eigenvalue weighted by Crippen LogP contribution is -2.36. The van der Waals surface area contributed by atoms with Crippen molar-refractivity contribution in [2.75, 3.05) is 6.54 Å². The molecular weight excluding hydrogens is 372 g/mol. The molecule has 0 unspecified atom stereocenters. The first kappa shape index (κ1) is 18.9. The molecule has 138 valence electrons. The third-order valence-corrected chi connectivity index (χ3v) is 6.14. The fourth-order valence-corrected chi connectivity index (χ4v) is 4.55. The molecule has 1 aliphatic rings. The SMILES string of the molecule is CC(C)NS(=O)(=O)c1ccc2c(c1)CN(C(=O)c1cccc(Cl)c1)CC2. The van der Waals surface area contributed by atoms with E-state index in [-0.39, 0.29) is 16.8 Å². The highest BCUT2D eigenvalue weighted by atomic mass is 35.5. The molecule has 0 aromatic heterocycles. The van der Waals surface area contributed by atoms with Crippen molar-refractivity contribution in [3.8, 4) is 0 Å². The van der Waals surface area contributed by atoms with E-state index < -0.39 is 10.0 Å². The number of hydrogen-bond acceptors (Lipinski definition) is 3. The zero-order valence-corrected chi connectivity index (χ0v) is 16.3. The topological polar surface area (TPSA) is 66.5 Å². The zero-order chi connectivity index (χ0) is 18.9. The smallest absolute Gasteiger partial charge is 0.254 e. The third kappa shape index (κ3) is 4.09. The van der Waals surface area contributed by atoms with Crippen LogP contribution in [0.15, 0.2) is 47.4 Å². The Morgan fingerprint density at radius 1 is 1.15 bits per heavy atom. The van der Waals surface area contributed by atoms with Crippen molar-refractivity contribution in [2.24, 2.45) is 0 Å². The van der Waals surface area contributed by atoms with Crippen molar-refractivity contribution >= 4 is 27.5 Å². The van der Waals surface area contributed by atoms with Gasteiger partial charge in [-0.3, -0.25) is 4.79 Å². The van der Waals surface area contributed by atoms with Crippen LogP contribution in [0, 0.1) is 0 Å². The summed E-state index contributed by atoms with van der Waals surface area (Å²) >= 11 is 5.98. The first-order valence-corrected chi connectivity index (χ1v) is 10.3. The Hall–Kier alpha value is -1.89. The van der Waals surface area contributed by atoms with Crippen molar-refractivity contribution in [1.82, 2.24) is 9.62 Å². The predicted molar refractivity (Wildman–Crippen MR) is 102 cm³/mol. The van der Waals surface area contributed by atoms with Gasteiger partial charge in [0.25, 0.3) is 5.91 Å². The zero-order valence-electron chi connectivity index (χ0n) is 14.7. The number of carbonyl (C=O) groups excluding carboxylic acids is 1. The summed E-state index contributed by atoms with van der Waals surface area (Å²) in [6.45, 7) is 4.53. The van der Waals surface area contributed by atoms with Gasteiger partial charge in [0.15, 0.2) is 0 Å². The Balaban J connectivity index is 1.85. The molecule has 0 fully saturated rings. The van der Waals surface area contributed by atoms with Gasteiger partial charge >= 0.3 is 0 Å². The van der Waals surface area contributed by atoms with E-state index >= 15 is 0 Å². The number of carbonyl (C=O) groups is 1. The van der Waals surface area contributed by atoms with E-state index in [0.29, 0.717) is 30.1 Å². The number of nitrogens with one attached hydrogen (secondary N) is 1. The molecule has 3 rings (SSSR count). The summed E-state index contributed by atoms with van der Waals surface area (Å²) in [5, 5.41) is 0.515. The van der Waals surface area contributed by atoms with E-state index in [4.69, 9.17) is 11.6 Å². The Labute approximate surface area is 159 Å². The number of hydrogen-bond donors (Lipinski definition) is 1. The highest BCUT2D eigenvalue weighted by Gasteiger charge is 2.24. The van der Waals surface area contributed by atoms with Crippen molar-refractivity contribution in [1.29, 1.82) is 0 Å². The fraction of sp³-hybridized carbons (Fsp3) is 0.316. The Morgan fingerprint density at radius 2 is 1.92 bits per heavy atom. The van der Waals surface area contributed by atoms with E-state index in [1.807, 2.05) is 6.07 Å². The lowest BCUT2D eigenvalue weighted by molar-refractivity contribution is 0.0734. The Morgan fingerprint density at radius 3 is 2.62 bits per heavy atom. The minimum atomic E-state index is -3.56. The summed E-state index contributed by atoms with van der Waals surface area (Å²) in [7, 11) is -3.56. The first-order chi connectivity index (χ1) is 12.3. The number of benzene rings is 2. The summed E-state index contributed by atoms with van der Waals surface area (Å²) in [6.07, 6.45) is 0.694. The van der Waals surface area contributed by atoms with Gasteiger partial charge in [-0.1, -0.05) is 23.7 Å². The molecule has 1 aliphatic heterocycles. The van der Waals surface area contributed by atoms with Gasteiger partial charge in [0, 0.05) is 29.7 Å². The molecule has 7 heteroatoms. The standard InChI is InChI=1S/C19H21ClN2O3S/c1-13(2)21-26(24,25)18-7-6-14-8-9-22(12-16(14)11-18)19(23)15-4-3-5-17(20)10-15/h3-7,10-11,13,21H,8-9,12H2,1-2H3. The summed E-state index contributed by atoms with van der Waals surface area (Å²) < 4.78 is 27.4. The fourth-order valence-electron chi connectivity index (χ4n) is 3.06. The minimum absolute atomic E-state index is 0.105. The van der Waals surface area contributed by atoms with Crippen LogP contribution in [0.3, 0.4) is 0 Å².